The maximum absolute atomic E-state index is 13.8. The zero-order chi connectivity index (χ0) is 15.0. The Hall–Kier alpha value is -1.18. The molecule has 0 amide bonds. The maximum Gasteiger partial charge on any atom is 0.243 e. The number of nitrogens with two attached hydrogens (primary N) is 1. The smallest absolute Gasteiger partial charge is 0.243 e. The fraction of sp³-hybridized carbons (Fsp3) is 0.538. The Labute approximate surface area is 118 Å². The Bertz CT molecular complexity index is 610. The van der Waals surface area contributed by atoms with Gasteiger partial charge < -0.3 is 10.5 Å². The van der Waals surface area contributed by atoms with E-state index in [0.29, 0.717) is 12.2 Å². The number of sulfonamides is 1. The van der Waals surface area contributed by atoms with Gasteiger partial charge in [-0.3, -0.25) is 0 Å². The molecule has 0 aliphatic carbocycles. The summed E-state index contributed by atoms with van der Waals surface area (Å²) >= 11 is 0. The highest BCUT2D eigenvalue weighted by atomic mass is 32.2. The molecule has 112 valence electrons. The van der Waals surface area contributed by atoms with Gasteiger partial charge in [-0.1, -0.05) is 0 Å². The first-order chi connectivity index (χ1) is 9.23. The molecule has 5 nitrogen and oxygen atoms in total. The summed E-state index contributed by atoms with van der Waals surface area (Å²) in [6.07, 6.45) is 1.66. The summed E-state index contributed by atoms with van der Waals surface area (Å²) < 4.78 is 46.0. The van der Waals surface area contributed by atoms with Gasteiger partial charge in [0.15, 0.2) is 0 Å². The molecule has 1 atom stereocenters. The maximum atomic E-state index is 13.8. The summed E-state index contributed by atoms with van der Waals surface area (Å²) in [5.41, 5.74) is 5.87. The molecule has 1 heterocycles. The van der Waals surface area contributed by atoms with Crippen LogP contribution >= 0.6 is 0 Å². The average molecular weight is 302 g/mol. The molecule has 0 radical (unpaired) electrons. The summed E-state index contributed by atoms with van der Waals surface area (Å²) in [6.45, 7) is 4.19. The largest absolute Gasteiger partial charge is 0.398 e. The van der Waals surface area contributed by atoms with Gasteiger partial charge in [0.2, 0.25) is 10.0 Å². The summed E-state index contributed by atoms with van der Waals surface area (Å²) in [4.78, 5) is -0.429. The number of ether oxygens (including phenoxy) is 1. The quantitative estimate of drug-likeness (QED) is 0.827. The predicted octanol–water partition coefficient (Wildman–Crippen LogP) is 1.56. The minimum atomic E-state index is -3.94. The van der Waals surface area contributed by atoms with Crippen LogP contribution < -0.4 is 10.5 Å². The van der Waals surface area contributed by atoms with E-state index in [0.717, 1.165) is 25.0 Å². The van der Waals surface area contributed by atoms with Gasteiger partial charge in [-0.2, -0.15) is 0 Å². The Kier molecular flexibility index (Phi) is 4.04. The number of aryl methyl sites for hydroxylation is 1. The number of hydrogen-bond acceptors (Lipinski definition) is 4. The van der Waals surface area contributed by atoms with Crippen LogP contribution in [0.3, 0.4) is 0 Å². The van der Waals surface area contributed by atoms with Crippen LogP contribution in [-0.2, 0) is 14.8 Å². The average Bonchev–Trinajstić information content (AvgIpc) is 2.79. The number of nitrogen functional groups attached to an aromatic ring is 1. The predicted molar refractivity (Wildman–Crippen MR) is 74.3 cm³/mol. The van der Waals surface area contributed by atoms with Crippen LogP contribution in [0.1, 0.15) is 25.3 Å². The van der Waals surface area contributed by atoms with E-state index in [1.54, 1.807) is 6.92 Å². The van der Waals surface area contributed by atoms with Crippen LogP contribution in [0.25, 0.3) is 0 Å². The van der Waals surface area contributed by atoms with Gasteiger partial charge in [0.25, 0.3) is 0 Å². The second-order valence-corrected chi connectivity index (χ2v) is 7.10. The third kappa shape index (κ3) is 3.11. The van der Waals surface area contributed by atoms with Crippen LogP contribution in [-0.4, -0.2) is 27.2 Å². The van der Waals surface area contributed by atoms with Gasteiger partial charge in [-0.15, -0.1) is 0 Å². The number of anilines is 1. The molecule has 0 bridgehead atoms. The molecule has 20 heavy (non-hydrogen) atoms. The zero-order valence-corrected chi connectivity index (χ0v) is 12.4. The molecule has 1 saturated heterocycles. The second-order valence-electron chi connectivity index (χ2n) is 5.37. The molecule has 7 heteroatoms. The normalized spacial score (nSPS) is 23.1. The molecular formula is C13H19FN2O3S. The first kappa shape index (κ1) is 15.2. The van der Waals surface area contributed by atoms with Crippen molar-refractivity contribution in [3.63, 3.8) is 0 Å². The molecule has 1 aromatic rings. The summed E-state index contributed by atoms with van der Waals surface area (Å²) in [5, 5.41) is 0. The van der Waals surface area contributed by atoms with Crippen molar-refractivity contribution < 1.29 is 17.5 Å². The van der Waals surface area contributed by atoms with Gasteiger partial charge in [-0.25, -0.2) is 17.5 Å². The van der Waals surface area contributed by atoms with E-state index < -0.39 is 26.3 Å². The lowest BCUT2D eigenvalue weighted by Crippen LogP contribution is -2.40. The number of nitrogens with one attached hydrogen (secondary N) is 1. The van der Waals surface area contributed by atoms with Crippen LogP contribution in [0.15, 0.2) is 17.0 Å². The van der Waals surface area contributed by atoms with Gasteiger partial charge >= 0.3 is 0 Å². The molecule has 1 aromatic carbocycles. The molecule has 1 aliphatic rings. The Morgan fingerprint density at radius 1 is 1.50 bits per heavy atom. The summed E-state index contributed by atoms with van der Waals surface area (Å²) in [5.74, 6) is -0.804. The number of halogens is 1. The molecule has 1 unspecified atom stereocenters. The van der Waals surface area contributed by atoms with Crippen molar-refractivity contribution in [1.29, 1.82) is 0 Å². The van der Waals surface area contributed by atoms with Crippen molar-refractivity contribution in [2.24, 2.45) is 0 Å². The first-order valence-corrected chi connectivity index (χ1v) is 7.91. The highest BCUT2D eigenvalue weighted by Gasteiger charge is 2.32. The summed E-state index contributed by atoms with van der Waals surface area (Å²) in [7, 11) is -3.94. The number of hydrogen-bond donors (Lipinski definition) is 2. The lowest BCUT2D eigenvalue weighted by Gasteiger charge is -2.23. The Morgan fingerprint density at radius 3 is 2.80 bits per heavy atom. The topological polar surface area (TPSA) is 81.4 Å². The fourth-order valence-electron chi connectivity index (χ4n) is 2.18. The van der Waals surface area contributed by atoms with Crippen molar-refractivity contribution in [2.45, 2.75) is 37.2 Å². The fourth-order valence-corrected chi connectivity index (χ4v) is 3.42. The lowest BCUT2D eigenvalue weighted by molar-refractivity contribution is 0.0250. The van der Waals surface area contributed by atoms with Crippen molar-refractivity contribution in [2.75, 3.05) is 18.9 Å². The van der Waals surface area contributed by atoms with Gasteiger partial charge in [-0.05, 0) is 44.4 Å². The minimum Gasteiger partial charge on any atom is -0.398 e. The molecule has 0 spiro atoms. The molecule has 2 rings (SSSR count). The van der Waals surface area contributed by atoms with E-state index in [9.17, 15) is 12.8 Å². The molecule has 0 aromatic heterocycles. The van der Waals surface area contributed by atoms with Crippen LogP contribution in [0.4, 0.5) is 10.1 Å². The highest BCUT2D eigenvalue weighted by Crippen LogP contribution is 2.26. The third-order valence-corrected chi connectivity index (χ3v) is 4.96. The van der Waals surface area contributed by atoms with Crippen LogP contribution in [0.5, 0.6) is 0 Å². The lowest BCUT2D eigenvalue weighted by atomic mass is 10.0. The summed E-state index contributed by atoms with van der Waals surface area (Å²) in [6, 6.07) is 2.27. The van der Waals surface area contributed by atoms with E-state index in [2.05, 4.69) is 4.72 Å². The monoisotopic (exact) mass is 302 g/mol. The third-order valence-electron chi connectivity index (χ3n) is 3.55. The molecule has 1 fully saturated rings. The molecule has 3 N–H and O–H groups in total. The van der Waals surface area contributed by atoms with Crippen molar-refractivity contribution in [3.05, 3.63) is 23.5 Å². The van der Waals surface area contributed by atoms with Gasteiger partial charge in [0.05, 0.1) is 5.60 Å². The van der Waals surface area contributed by atoms with E-state index in [-0.39, 0.29) is 12.2 Å². The SMILES string of the molecule is Cc1cc(F)c(S(=O)(=O)NCC2(C)CCCO2)cc1N. The highest BCUT2D eigenvalue weighted by molar-refractivity contribution is 7.89. The van der Waals surface area contributed by atoms with Crippen molar-refractivity contribution in [3.8, 4) is 0 Å². The number of benzene rings is 1. The second kappa shape index (κ2) is 5.31. The first-order valence-electron chi connectivity index (χ1n) is 6.43. The van der Waals surface area contributed by atoms with Crippen molar-refractivity contribution >= 4 is 15.7 Å². The molecule has 1 aliphatic heterocycles. The Balaban J connectivity index is 2.20. The van der Waals surface area contributed by atoms with E-state index >= 15 is 0 Å². The van der Waals surface area contributed by atoms with Gasteiger partial charge in [0.1, 0.15) is 10.7 Å². The van der Waals surface area contributed by atoms with E-state index in [1.165, 1.54) is 0 Å². The molecular weight excluding hydrogens is 283 g/mol. The standard InChI is InChI=1S/C13H19FN2O3S/c1-9-6-10(14)12(7-11(9)15)20(17,18)16-8-13(2)4-3-5-19-13/h6-7,16H,3-5,8,15H2,1-2H3. The van der Waals surface area contributed by atoms with Crippen LogP contribution in [0, 0.1) is 12.7 Å². The van der Waals surface area contributed by atoms with Crippen molar-refractivity contribution in [1.82, 2.24) is 4.72 Å². The van der Waals surface area contributed by atoms with E-state index in [1.807, 2.05) is 6.92 Å². The minimum absolute atomic E-state index is 0.114. The van der Waals surface area contributed by atoms with E-state index in [4.69, 9.17) is 10.5 Å². The number of rotatable bonds is 4. The molecule has 0 saturated carbocycles. The van der Waals surface area contributed by atoms with Gasteiger partial charge in [0, 0.05) is 18.8 Å². The zero-order valence-electron chi connectivity index (χ0n) is 11.6. The Morgan fingerprint density at radius 2 is 2.20 bits per heavy atom. The van der Waals surface area contributed by atoms with Crippen LogP contribution in [0.2, 0.25) is 0 Å².